The first-order chi connectivity index (χ1) is 10.2. The summed E-state index contributed by atoms with van der Waals surface area (Å²) in [6, 6.07) is 11.1. The van der Waals surface area contributed by atoms with Gasteiger partial charge in [0.1, 0.15) is 0 Å². The van der Waals surface area contributed by atoms with Gasteiger partial charge >= 0.3 is 6.03 Å². The third kappa shape index (κ3) is 3.56. The number of likely N-dealkylation sites (tertiary alicyclic amines) is 2. The highest BCUT2D eigenvalue weighted by molar-refractivity contribution is 5.74. The molecule has 0 unspecified atom stereocenters. The van der Waals surface area contributed by atoms with Gasteiger partial charge in [0.15, 0.2) is 0 Å². The molecule has 0 bridgehead atoms. The van der Waals surface area contributed by atoms with Gasteiger partial charge < -0.3 is 15.1 Å². The average Bonchev–Trinajstić information content (AvgIpc) is 2.93. The first-order valence-corrected chi connectivity index (χ1v) is 8.01. The number of carbonyl (C=O) groups is 1. The van der Waals surface area contributed by atoms with Crippen LogP contribution < -0.4 is 5.32 Å². The van der Waals surface area contributed by atoms with Crippen molar-refractivity contribution in [3.8, 4) is 0 Å². The first-order valence-electron chi connectivity index (χ1n) is 8.01. The molecule has 4 nitrogen and oxygen atoms in total. The minimum atomic E-state index is 0.127. The van der Waals surface area contributed by atoms with Crippen molar-refractivity contribution in [3.63, 3.8) is 0 Å². The summed E-state index contributed by atoms with van der Waals surface area (Å²) in [5.41, 5.74) is 1.41. The van der Waals surface area contributed by atoms with Gasteiger partial charge in [0, 0.05) is 25.7 Å². The van der Waals surface area contributed by atoms with Gasteiger partial charge in [-0.3, -0.25) is 0 Å². The van der Waals surface area contributed by atoms with E-state index in [2.05, 4.69) is 47.6 Å². The zero-order chi connectivity index (χ0) is 14.7. The van der Waals surface area contributed by atoms with E-state index in [9.17, 15) is 4.79 Å². The number of nitrogens with zero attached hydrogens (tertiary/aromatic N) is 2. The van der Waals surface area contributed by atoms with Crippen LogP contribution in [0.5, 0.6) is 0 Å². The maximum atomic E-state index is 12.3. The Morgan fingerprint density at radius 3 is 2.43 bits per heavy atom. The molecule has 2 aliphatic rings. The van der Waals surface area contributed by atoms with E-state index in [-0.39, 0.29) is 6.03 Å². The molecular formula is C17H25N3O. The van der Waals surface area contributed by atoms with Crippen LogP contribution in [-0.4, -0.2) is 55.1 Å². The molecule has 0 saturated carbocycles. The van der Waals surface area contributed by atoms with E-state index in [0.29, 0.717) is 12.0 Å². The van der Waals surface area contributed by atoms with Crippen molar-refractivity contribution in [2.75, 3.05) is 33.2 Å². The zero-order valence-electron chi connectivity index (χ0n) is 12.8. The summed E-state index contributed by atoms with van der Waals surface area (Å²) in [5.74, 6) is 0.605. The third-order valence-electron chi connectivity index (χ3n) is 4.77. The smallest absolute Gasteiger partial charge is 0.317 e. The number of nitrogens with one attached hydrogen (secondary N) is 1. The Morgan fingerprint density at radius 2 is 1.81 bits per heavy atom. The van der Waals surface area contributed by atoms with Gasteiger partial charge in [-0.2, -0.15) is 0 Å². The summed E-state index contributed by atoms with van der Waals surface area (Å²) in [5, 5.41) is 3.18. The Hall–Kier alpha value is -1.55. The van der Waals surface area contributed by atoms with E-state index in [0.717, 1.165) is 45.4 Å². The van der Waals surface area contributed by atoms with Crippen LogP contribution in [0.15, 0.2) is 30.3 Å². The number of hydrogen-bond acceptors (Lipinski definition) is 2. The quantitative estimate of drug-likeness (QED) is 0.906. The minimum absolute atomic E-state index is 0.127. The van der Waals surface area contributed by atoms with Crippen molar-refractivity contribution in [2.45, 2.75) is 31.2 Å². The van der Waals surface area contributed by atoms with Crippen molar-refractivity contribution in [1.29, 1.82) is 0 Å². The number of likely N-dealkylation sites (N-methyl/N-ethyl adjacent to an activating group) is 1. The molecule has 1 N–H and O–H groups in total. The monoisotopic (exact) mass is 287 g/mol. The van der Waals surface area contributed by atoms with Crippen molar-refractivity contribution in [2.24, 2.45) is 0 Å². The highest BCUT2D eigenvalue weighted by atomic mass is 16.2. The number of rotatable bonds is 2. The fraction of sp³-hybridized carbons (Fsp3) is 0.588. The minimum Gasteiger partial charge on any atom is -0.334 e. The van der Waals surface area contributed by atoms with Gasteiger partial charge in [-0.25, -0.2) is 4.79 Å². The van der Waals surface area contributed by atoms with Crippen LogP contribution in [0.4, 0.5) is 4.79 Å². The van der Waals surface area contributed by atoms with Crippen LogP contribution in [0.1, 0.15) is 30.7 Å². The van der Waals surface area contributed by atoms with Gasteiger partial charge in [0.25, 0.3) is 0 Å². The van der Waals surface area contributed by atoms with Crippen LogP contribution in [0.2, 0.25) is 0 Å². The zero-order valence-corrected chi connectivity index (χ0v) is 12.8. The van der Waals surface area contributed by atoms with Crippen molar-refractivity contribution in [1.82, 2.24) is 15.1 Å². The molecule has 1 aromatic rings. The molecule has 0 spiro atoms. The molecule has 21 heavy (non-hydrogen) atoms. The predicted octanol–water partition coefficient (Wildman–Crippen LogP) is 2.28. The summed E-state index contributed by atoms with van der Waals surface area (Å²) in [6.45, 7) is 3.80. The number of carbonyl (C=O) groups excluding carboxylic acids is 1. The van der Waals surface area contributed by atoms with Crippen LogP contribution in [0, 0.1) is 0 Å². The Morgan fingerprint density at radius 1 is 1.10 bits per heavy atom. The molecule has 0 radical (unpaired) electrons. The second kappa shape index (κ2) is 6.48. The normalized spacial score (nSPS) is 24.2. The second-order valence-electron chi connectivity index (χ2n) is 6.37. The van der Waals surface area contributed by atoms with Gasteiger partial charge in [0.2, 0.25) is 0 Å². The fourth-order valence-corrected chi connectivity index (χ4v) is 3.46. The first kappa shape index (κ1) is 14.4. The van der Waals surface area contributed by atoms with Crippen LogP contribution in [0.25, 0.3) is 0 Å². The Labute approximate surface area is 127 Å². The molecule has 2 amide bonds. The van der Waals surface area contributed by atoms with E-state index >= 15 is 0 Å². The van der Waals surface area contributed by atoms with E-state index < -0.39 is 0 Å². The van der Waals surface area contributed by atoms with Gasteiger partial charge in [-0.05, 0) is 44.3 Å². The molecule has 2 aliphatic heterocycles. The van der Waals surface area contributed by atoms with E-state index in [1.54, 1.807) is 0 Å². The summed E-state index contributed by atoms with van der Waals surface area (Å²) in [6.07, 6.45) is 3.22. The number of urea groups is 1. The SMILES string of the molecule is CN1CC[C@@H](NC(=O)N2CCC(c3ccccc3)CC2)C1. The topological polar surface area (TPSA) is 35.6 Å². The molecular weight excluding hydrogens is 262 g/mol. The maximum Gasteiger partial charge on any atom is 0.317 e. The summed E-state index contributed by atoms with van der Waals surface area (Å²) in [7, 11) is 2.11. The second-order valence-corrected chi connectivity index (χ2v) is 6.37. The largest absolute Gasteiger partial charge is 0.334 e. The van der Waals surface area contributed by atoms with Gasteiger partial charge in [-0.15, -0.1) is 0 Å². The summed E-state index contributed by atoms with van der Waals surface area (Å²) < 4.78 is 0. The van der Waals surface area contributed by atoms with E-state index in [1.165, 1.54) is 5.56 Å². The molecule has 1 aromatic carbocycles. The van der Waals surface area contributed by atoms with Crippen LogP contribution >= 0.6 is 0 Å². The lowest BCUT2D eigenvalue weighted by Gasteiger charge is -2.33. The van der Waals surface area contributed by atoms with Crippen molar-refractivity contribution < 1.29 is 4.79 Å². The van der Waals surface area contributed by atoms with E-state index in [1.807, 2.05) is 4.90 Å². The van der Waals surface area contributed by atoms with Gasteiger partial charge in [0.05, 0.1) is 0 Å². The number of hydrogen-bond donors (Lipinski definition) is 1. The molecule has 2 fully saturated rings. The molecule has 4 heteroatoms. The van der Waals surface area contributed by atoms with Crippen LogP contribution in [0.3, 0.4) is 0 Å². The molecule has 3 rings (SSSR count). The Bertz CT molecular complexity index is 468. The molecule has 2 heterocycles. The highest BCUT2D eigenvalue weighted by Gasteiger charge is 2.27. The lowest BCUT2D eigenvalue weighted by atomic mass is 9.90. The highest BCUT2D eigenvalue weighted by Crippen LogP contribution is 2.27. The molecule has 0 aliphatic carbocycles. The lowest BCUT2D eigenvalue weighted by molar-refractivity contribution is 0.177. The number of piperidine rings is 1. The molecule has 2 saturated heterocycles. The standard InChI is InChI=1S/C17H25N3O/c1-19-10-9-16(13-19)18-17(21)20-11-7-15(8-12-20)14-5-3-2-4-6-14/h2-6,15-16H,7-13H2,1H3,(H,18,21)/t16-/m1/s1. The average molecular weight is 287 g/mol. The Balaban J connectivity index is 1.48. The molecule has 0 aromatic heterocycles. The molecule has 114 valence electrons. The Kier molecular flexibility index (Phi) is 4.44. The predicted molar refractivity (Wildman–Crippen MR) is 84.4 cm³/mol. The van der Waals surface area contributed by atoms with Crippen molar-refractivity contribution in [3.05, 3.63) is 35.9 Å². The van der Waals surface area contributed by atoms with E-state index in [4.69, 9.17) is 0 Å². The fourth-order valence-electron chi connectivity index (χ4n) is 3.46. The summed E-state index contributed by atoms with van der Waals surface area (Å²) >= 11 is 0. The van der Waals surface area contributed by atoms with Gasteiger partial charge in [-0.1, -0.05) is 30.3 Å². The number of benzene rings is 1. The third-order valence-corrected chi connectivity index (χ3v) is 4.77. The van der Waals surface area contributed by atoms with Crippen molar-refractivity contribution >= 4 is 6.03 Å². The lowest BCUT2D eigenvalue weighted by Crippen LogP contribution is -2.48. The maximum absolute atomic E-state index is 12.3. The van der Waals surface area contributed by atoms with Crippen LogP contribution in [-0.2, 0) is 0 Å². The number of amides is 2. The summed E-state index contributed by atoms with van der Waals surface area (Å²) in [4.78, 5) is 16.6. The molecule has 1 atom stereocenters.